The lowest BCUT2D eigenvalue weighted by Gasteiger charge is -2.02. The van der Waals surface area contributed by atoms with E-state index in [2.05, 4.69) is 20.8 Å². The molecule has 0 aliphatic rings. The van der Waals surface area contributed by atoms with E-state index in [9.17, 15) is 4.79 Å². The Bertz CT molecular complexity index is 234. The van der Waals surface area contributed by atoms with Crippen LogP contribution < -0.4 is 10.6 Å². The fraction of sp³-hybridized carbons (Fsp3) is 0.333. The number of nitrogens with one attached hydrogen (secondary N) is 3. The number of hydrogen-bond acceptors (Lipinski definition) is 3. The summed E-state index contributed by atoms with van der Waals surface area (Å²) in [6, 6.07) is 1.76. The van der Waals surface area contributed by atoms with Gasteiger partial charge in [-0.1, -0.05) is 0 Å². The molecule has 12 heavy (non-hydrogen) atoms. The molecular formula is C6H10N4O2. The SMILES string of the molecule is O=C(O)NCCNc1ccn[nH]1. The second-order valence-corrected chi connectivity index (χ2v) is 2.13. The van der Waals surface area contributed by atoms with Crippen LogP contribution in [0, 0.1) is 0 Å². The fourth-order valence-corrected chi connectivity index (χ4v) is 0.721. The van der Waals surface area contributed by atoms with Gasteiger partial charge in [0.25, 0.3) is 0 Å². The standard InChI is InChI=1S/C6H10N4O2/c11-6(12)8-4-3-7-5-1-2-9-10-5/h1-2,8H,3-4H2,(H,11,12)(H2,7,9,10). The lowest BCUT2D eigenvalue weighted by atomic mass is 10.5. The first kappa shape index (κ1) is 8.38. The van der Waals surface area contributed by atoms with Crippen LogP contribution in [0.5, 0.6) is 0 Å². The number of H-pyrrole nitrogens is 1. The lowest BCUT2D eigenvalue weighted by Crippen LogP contribution is -2.26. The van der Waals surface area contributed by atoms with Crippen LogP contribution in [0.2, 0.25) is 0 Å². The minimum Gasteiger partial charge on any atom is -0.465 e. The van der Waals surface area contributed by atoms with E-state index in [1.165, 1.54) is 0 Å². The highest BCUT2D eigenvalue weighted by Gasteiger charge is 1.93. The molecule has 4 N–H and O–H groups in total. The van der Waals surface area contributed by atoms with Crippen molar-refractivity contribution >= 4 is 11.9 Å². The van der Waals surface area contributed by atoms with E-state index < -0.39 is 6.09 Å². The number of amides is 1. The Labute approximate surface area is 69.0 Å². The molecule has 0 saturated heterocycles. The van der Waals surface area contributed by atoms with Crippen molar-refractivity contribution in [3.8, 4) is 0 Å². The van der Waals surface area contributed by atoms with Gasteiger partial charge in [0, 0.05) is 13.1 Å². The van der Waals surface area contributed by atoms with E-state index in [1.807, 2.05) is 0 Å². The molecule has 66 valence electrons. The molecule has 0 aromatic carbocycles. The third kappa shape index (κ3) is 2.91. The summed E-state index contributed by atoms with van der Waals surface area (Å²) in [7, 11) is 0. The van der Waals surface area contributed by atoms with Crippen molar-refractivity contribution in [2.75, 3.05) is 18.4 Å². The number of carboxylic acid groups (broad SMARTS) is 1. The van der Waals surface area contributed by atoms with E-state index in [4.69, 9.17) is 5.11 Å². The van der Waals surface area contributed by atoms with Crippen LogP contribution in [0.15, 0.2) is 12.3 Å². The van der Waals surface area contributed by atoms with Gasteiger partial charge in [0.15, 0.2) is 0 Å². The first-order valence-corrected chi connectivity index (χ1v) is 3.49. The highest BCUT2D eigenvalue weighted by Crippen LogP contribution is 1.95. The Kier molecular flexibility index (Phi) is 2.95. The highest BCUT2D eigenvalue weighted by molar-refractivity contribution is 5.64. The summed E-state index contributed by atoms with van der Waals surface area (Å²) in [4.78, 5) is 10.0. The Hall–Kier alpha value is -1.72. The first-order valence-electron chi connectivity index (χ1n) is 3.49. The molecule has 0 radical (unpaired) electrons. The minimum absolute atomic E-state index is 0.369. The first-order chi connectivity index (χ1) is 5.79. The Morgan fingerprint density at radius 1 is 1.67 bits per heavy atom. The van der Waals surface area contributed by atoms with Gasteiger partial charge < -0.3 is 15.7 Å². The Morgan fingerprint density at radius 3 is 3.08 bits per heavy atom. The van der Waals surface area contributed by atoms with Crippen molar-refractivity contribution in [3.63, 3.8) is 0 Å². The smallest absolute Gasteiger partial charge is 0.404 e. The van der Waals surface area contributed by atoms with Crippen LogP contribution in [0.1, 0.15) is 0 Å². The molecule has 6 nitrogen and oxygen atoms in total. The molecule has 0 unspecified atom stereocenters. The molecule has 1 amide bonds. The summed E-state index contributed by atoms with van der Waals surface area (Å²) in [5.74, 6) is 0.780. The van der Waals surface area contributed by atoms with Gasteiger partial charge in [-0.25, -0.2) is 4.79 Å². The molecule has 1 aromatic heterocycles. The summed E-state index contributed by atoms with van der Waals surface area (Å²) in [6.45, 7) is 0.906. The molecular weight excluding hydrogens is 160 g/mol. The molecule has 1 aromatic rings. The average molecular weight is 170 g/mol. The lowest BCUT2D eigenvalue weighted by molar-refractivity contribution is 0.195. The maximum absolute atomic E-state index is 10.0. The number of anilines is 1. The van der Waals surface area contributed by atoms with Crippen LogP contribution in [0.4, 0.5) is 10.6 Å². The number of nitrogens with zero attached hydrogens (tertiary/aromatic N) is 1. The van der Waals surface area contributed by atoms with Crippen LogP contribution in [-0.2, 0) is 0 Å². The van der Waals surface area contributed by atoms with Crippen LogP contribution in [0.3, 0.4) is 0 Å². The maximum Gasteiger partial charge on any atom is 0.404 e. The zero-order valence-electron chi connectivity index (χ0n) is 6.37. The van der Waals surface area contributed by atoms with Crippen molar-refractivity contribution in [2.45, 2.75) is 0 Å². The van der Waals surface area contributed by atoms with E-state index in [1.54, 1.807) is 12.3 Å². The number of carbonyl (C=O) groups is 1. The van der Waals surface area contributed by atoms with Crippen molar-refractivity contribution in [1.82, 2.24) is 15.5 Å². The monoisotopic (exact) mass is 170 g/mol. The zero-order chi connectivity index (χ0) is 8.81. The van der Waals surface area contributed by atoms with E-state index in [-0.39, 0.29) is 0 Å². The molecule has 0 spiro atoms. The Morgan fingerprint density at radius 2 is 2.50 bits per heavy atom. The van der Waals surface area contributed by atoms with Gasteiger partial charge in [0.2, 0.25) is 0 Å². The summed E-state index contributed by atoms with van der Waals surface area (Å²) in [6.07, 6.45) is 0.605. The fourth-order valence-electron chi connectivity index (χ4n) is 0.721. The van der Waals surface area contributed by atoms with Gasteiger partial charge in [-0.15, -0.1) is 0 Å². The van der Waals surface area contributed by atoms with Crippen molar-refractivity contribution < 1.29 is 9.90 Å². The van der Waals surface area contributed by atoms with Crippen LogP contribution in [0.25, 0.3) is 0 Å². The van der Waals surface area contributed by atoms with Crippen molar-refractivity contribution in [3.05, 3.63) is 12.3 Å². The molecule has 6 heteroatoms. The van der Waals surface area contributed by atoms with E-state index in [0.717, 1.165) is 5.82 Å². The molecule has 1 heterocycles. The topological polar surface area (TPSA) is 90.0 Å². The third-order valence-corrected chi connectivity index (χ3v) is 1.22. The zero-order valence-corrected chi connectivity index (χ0v) is 6.37. The quantitative estimate of drug-likeness (QED) is 0.482. The Balaban J connectivity index is 2.07. The summed E-state index contributed by atoms with van der Waals surface area (Å²) in [5, 5.41) is 19.8. The number of rotatable bonds is 4. The molecule has 0 atom stereocenters. The maximum atomic E-state index is 10.0. The molecule has 1 rings (SSSR count). The van der Waals surface area contributed by atoms with Gasteiger partial charge in [0.1, 0.15) is 5.82 Å². The van der Waals surface area contributed by atoms with Gasteiger partial charge in [-0.2, -0.15) is 5.10 Å². The van der Waals surface area contributed by atoms with Gasteiger partial charge in [0.05, 0.1) is 6.20 Å². The highest BCUT2D eigenvalue weighted by atomic mass is 16.4. The van der Waals surface area contributed by atoms with Crippen LogP contribution in [-0.4, -0.2) is 34.5 Å². The van der Waals surface area contributed by atoms with E-state index in [0.29, 0.717) is 13.1 Å². The van der Waals surface area contributed by atoms with Gasteiger partial charge in [-0.05, 0) is 6.07 Å². The summed E-state index contributed by atoms with van der Waals surface area (Å²) in [5.41, 5.74) is 0. The van der Waals surface area contributed by atoms with Gasteiger partial charge >= 0.3 is 6.09 Å². The van der Waals surface area contributed by atoms with E-state index >= 15 is 0 Å². The number of hydrogen-bond donors (Lipinski definition) is 4. The predicted molar refractivity (Wildman–Crippen MR) is 43.1 cm³/mol. The number of aromatic nitrogens is 2. The van der Waals surface area contributed by atoms with Crippen molar-refractivity contribution in [2.24, 2.45) is 0 Å². The molecule has 0 fully saturated rings. The second kappa shape index (κ2) is 4.22. The molecule has 0 aliphatic heterocycles. The van der Waals surface area contributed by atoms with Crippen molar-refractivity contribution in [1.29, 1.82) is 0 Å². The minimum atomic E-state index is -1.01. The second-order valence-electron chi connectivity index (χ2n) is 2.13. The molecule has 0 saturated carbocycles. The largest absolute Gasteiger partial charge is 0.465 e. The van der Waals surface area contributed by atoms with Crippen LogP contribution >= 0.6 is 0 Å². The normalized spacial score (nSPS) is 9.33. The number of aromatic amines is 1. The average Bonchev–Trinajstić information content (AvgIpc) is 2.49. The third-order valence-electron chi connectivity index (χ3n) is 1.22. The molecule has 0 aliphatic carbocycles. The summed E-state index contributed by atoms with van der Waals surface area (Å²) < 4.78 is 0. The summed E-state index contributed by atoms with van der Waals surface area (Å²) >= 11 is 0. The predicted octanol–water partition coefficient (Wildman–Crippen LogP) is 0.0892. The molecule has 0 bridgehead atoms. The van der Waals surface area contributed by atoms with Gasteiger partial charge in [-0.3, -0.25) is 5.10 Å².